The van der Waals surface area contributed by atoms with Crippen LogP contribution in [0.4, 0.5) is 8.78 Å². The minimum absolute atomic E-state index is 0.0707. The summed E-state index contributed by atoms with van der Waals surface area (Å²) in [5.74, 6) is -1.02. The Morgan fingerprint density at radius 3 is 2.48 bits per heavy atom. The highest BCUT2D eigenvalue weighted by molar-refractivity contribution is 9.10. The summed E-state index contributed by atoms with van der Waals surface area (Å²) in [4.78, 5) is 0. The summed E-state index contributed by atoms with van der Waals surface area (Å²) in [6.45, 7) is 6.15. The number of aryl methyl sites for hydroxylation is 2. The zero-order valence-corrected chi connectivity index (χ0v) is 13.9. The van der Waals surface area contributed by atoms with Crippen molar-refractivity contribution in [3.63, 3.8) is 0 Å². The van der Waals surface area contributed by atoms with E-state index in [0.717, 1.165) is 15.6 Å². The van der Waals surface area contributed by atoms with Gasteiger partial charge in [-0.2, -0.15) is 0 Å². The lowest BCUT2D eigenvalue weighted by atomic mass is 9.95. The topological polar surface area (TPSA) is 12.0 Å². The van der Waals surface area contributed by atoms with E-state index >= 15 is 0 Å². The lowest BCUT2D eigenvalue weighted by molar-refractivity contribution is 0.505. The maximum Gasteiger partial charge on any atom is 0.134 e. The van der Waals surface area contributed by atoms with Crippen LogP contribution in [-0.2, 0) is 0 Å². The number of rotatable bonds is 4. The van der Waals surface area contributed by atoms with Gasteiger partial charge in [-0.15, -0.1) is 0 Å². The number of halogens is 3. The van der Waals surface area contributed by atoms with Gasteiger partial charge in [0, 0.05) is 10.0 Å². The van der Waals surface area contributed by atoms with Gasteiger partial charge in [0.15, 0.2) is 0 Å². The first kappa shape index (κ1) is 16.1. The maximum absolute atomic E-state index is 14.4. The molecule has 1 unspecified atom stereocenters. The van der Waals surface area contributed by atoms with Gasteiger partial charge in [-0.1, -0.05) is 41.1 Å². The maximum atomic E-state index is 14.4. The third-order valence-corrected chi connectivity index (χ3v) is 4.17. The highest BCUT2D eigenvalue weighted by Crippen LogP contribution is 2.33. The van der Waals surface area contributed by atoms with E-state index < -0.39 is 17.7 Å². The Kier molecular flexibility index (Phi) is 5.12. The number of nitrogens with one attached hydrogen (secondary N) is 1. The van der Waals surface area contributed by atoms with Crippen molar-refractivity contribution in [1.29, 1.82) is 0 Å². The van der Waals surface area contributed by atoms with Crippen molar-refractivity contribution in [2.24, 2.45) is 0 Å². The monoisotopic (exact) mass is 353 g/mol. The molecule has 21 heavy (non-hydrogen) atoms. The first-order chi connectivity index (χ1) is 9.95. The van der Waals surface area contributed by atoms with Crippen molar-refractivity contribution in [3.8, 4) is 0 Å². The molecule has 2 rings (SSSR count). The van der Waals surface area contributed by atoms with E-state index in [-0.39, 0.29) is 5.56 Å². The van der Waals surface area contributed by atoms with E-state index in [1.807, 2.05) is 32.0 Å². The number of benzene rings is 2. The highest BCUT2D eigenvalue weighted by Gasteiger charge is 2.24. The number of hydrogen-bond donors (Lipinski definition) is 1. The molecule has 0 aliphatic carbocycles. The summed E-state index contributed by atoms with van der Waals surface area (Å²) in [5, 5.41) is 3.17. The van der Waals surface area contributed by atoms with Crippen molar-refractivity contribution in [3.05, 3.63) is 68.7 Å². The first-order valence-electron chi connectivity index (χ1n) is 6.89. The van der Waals surface area contributed by atoms with Gasteiger partial charge in [0.1, 0.15) is 11.6 Å². The van der Waals surface area contributed by atoms with Crippen LogP contribution in [0.2, 0.25) is 0 Å². The second-order valence-electron chi connectivity index (χ2n) is 5.11. The summed E-state index contributed by atoms with van der Waals surface area (Å²) in [7, 11) is 0. The predicted octanol–water partition coefficient (Wildman–Crippen LogP) is 5.04. The molecule has 0 saturated carbocycles. The van der Waals surface area contributed by atoms with Gasteiger partial charge in [0.25, 0.3) is 0 Å². The smallest absolute Gasteiger partial charge is 0.134 e. The first-order valence-corrected chi connectivity index (χ1v) is 7.69. The van der Waals surface area contributed by atoms with Gasteiger partial charge < -0.3 is 5.32 Å². The summed E-state index contributed by atoms with van der Waals surface area (Å²) < 4.78 is 29.5. The van der Waals surface area contributed by atoms with Gasteiger partial charge in [-0.3, -0.25) is 0 Å². The Labute approximate surface area is 132 Å². The Morgan fingerprint density at radius 2 is 1.86 bits per heavy atom. The molecule has 2 aromatic rings. The Balaban J connectivity index is 2.61. The standard InChI is InChI=1S/C17H18BrF2N/c1-4-21-17(12-7-5-10(2)9-13(12)18)15-14(19)8-6-11(3)16(15)20/h5-9,17,21H,4H2,1-3H3. The zero-order chi connectivity index (χ0) is 15.6. The lowest BCUT2D eigenvalue weighted by Crippen LogP contribution is -2.25. The third kappa shape index (κ3) is 3.33. The molecule has 1 nitrogen and oxygen atoms in total. The summed E-state index contributed by atoms with van der Waals surface area (Å²) in [5.41, 5.74) is 2.43. The largest absolute Gasteiger partial charge is 0.306 e. The summed E-state index contributed by atoms with van der Waals surface area (Å²) in [6.07, 6.45) is 0. The van der Waals surface area contributed by atoms with E-state index in [1.165, 1.54) is 12.1 Å². The fourth-order valence-corrected chi connectivity index (χ4v) is 3.10. The van der Waals surface area contributed by atoms with Crippen molar-refractivity contribution in [1.82, 2.24) is 5.32 Å². The van der Waals surface area contributed by atoms with Crippen LogP contribution in [0.15, 0.2) is 34.8 Å². The van der Waals surface area contributed by atoms with E-state index in [1.54, 1.807) is 6.92 Å². The van der Waals surface area contributed by atoms with Crippen molar-refractivity contribution >= 4 is 15.9 Å². The molecule has 0 fully saturated rings. The molecule has 0 spiro atoms. The normalized spacial score (nSPS) is 12.5. The molecule has 0 aliphatic heterocycles. The molecule has 0 aliphatic rings. The van der Waals surface area contributed by atoms with Crippen LogP contribution in [0.3, 0.4) is 0 Å². The van der Waals surface area contributed by atoms with Gasteiger partial charge in [0.05, 0.1) is 6.04 Å². The van der Waals surface area contributed by atoms with Gasteiger partial charge in [0.2, 0.25) is 0 Å². The van der Waals surface area contributed by atoms with Crippen molar-refractivity contribution in [2.75, 3.05) is 6.54 Å². The third-order valence-electron chi connectivity index (χ3n) is 3.48. The van der Waals surface area contributed by atoms with Crippen molar-refractivity contribution in [2.45, 2.75) is 26.8 Å². The summed E-state index contributed by atoms with van der Waals surface area (Å²) in [6, 6.07) is 8.04. The number of hydrogen-bond acceptors (Lipinski definition) is 1. The van der Waals surface area contributed by atoms with Crippen LogP contribution in [0.25, 0.3) is 0 Å². The molecule has 0 amide bonds. The Bertz CT molecular complexity index is 655. The molecule has 0 saturated heterocycles. The molecule has 0 radical (unpaired) electrons. The zero-order valence-electron chi connectivity index (χ0n) is 12.3. The second-order valence-corrected chi connectivity index (χ2v) is 5.96. The average Bonchev–Trinajstić information content (AvgIpc) is 2.43. The molecule has 0 bridgehead atoms. The van der Waals surface area contributed by atoms with E-state index in [2.05, 4.69) is 21.2 Å². The molecule has 2 aromatic carbocycles. The minimum atomic E-state index is -0.531. The SMILES string of the molecule is CCNC(c1ccc(C)cc1Br)c1c(F)ccc(C)c1F. The molecule has 112 valence electrons. The van der Waals surface area contributed by atoms with Crippen LogP contribution in [0, 0.1) is 25.5 Å². The minimum Gasteiger partial charge on any atom is -0.306 e. The van der Waals surface area contributed by atoms with Crippen LogP contribution < -0.4 is 5.32 Å². The van der Waals surface area contributed by atoms with Crippen LogP contribution >= 0.6 is 15.9 Å². The summed E-state index contributed by atoms with van der Waals surface area (Å²) >= 11 is 3.50. The molecule has 0 aromatic heterocycles. The molecule has 1 atom stereocenters. The molecular weight excluding hydrogens is 336 g/mol. The van der Waals surface area contributed by atoms with Crippen LogP contribution in [-0.4, -0.2) is 6.54 Å². The fourth-order valence-electron chi connectivity index (χ4n) is 2.38. The second kappa shape index (κ2) is 6.67. The van der Waals surface area contributed by atoms with E-state index in [4.69, 9.17) is 0 Å². The Morgan fingerprint density at radius 1 is 1.14 bits per heavy atom. The quantitative estimate of drug-likeness (QED) is 0.811. The van der Waals surface area contributed by atoms with Gasteiger partial charge in [-0.05, 0) is 49.2 Å². The average molecular weight is 354 g/mol. The molecule has 1 N–H and O–H groups in total. The van der Waals surface area contributed by atoms with Gasteiger partial charge >= 0.3 is 0 Å². The van der Waals surface area contributed by atoms with Gasteiger partial charge in [-0.25, -0.2) is 8.78 Å². The van der Waals surface area contributed by atoms with Crippen LogP contribution in [0.1, 0.15) is 35.2 Å². The van der Waals surface area contributed by atoms with E-state index in [9.17, 15) is 8.78 Å². The fraction of sp³-hybridized carbons (Fsp3) is 0.294. The lowest BCUT2D eigenvalue weighted by Gasteiger charge is -2.22. The van der Waals surface area contributed by atoms with E-state index in [0.29, 0.717) is 12.1 Å². The van der Waals surface area contributed by atoms with Crippen LogP contribution in [0.5, 0.6) is 0 Å². The Hall–Kier alpha value is -1.26. The predicted molar refractivity (Wildman–Crippen MR) is 85.5 cm³/mol. The highest BCUT2D eigenvalue weighted by atomic mass is 79.9. The molecule has 0 heterocycles. The van der Waals surface area contributed by atoms with Crippen molar-refractivity contribution < 1.29 is 8.78 Å². The molecule has 4 heteroatoms. The molecular formula is C17H18BrF2N.